The fraction of sp³-hybridized carbons (Fsp3) is 0.458. The summed E-state index contributed by atoms with van der Waals surface area (Å²) in [7, 11) is 0. The van der Waals surface area contributed by atoms with Crippen molar-refractivity contribution < 1.29 is 18.7 Å². The van der Waals surface area contributed by atoms with Crippen LogP contribution in [0.15, 0.2) is 36.4 Å². The zero-order chi connectivity index (χ0) is 21.7. The van der Waals surface area contributed by atoms with Crippen LogP contribution in [-0.2, 0) is 24.1 Å². The summed E-state index contributed by atoms with van der Waals surface area (Å²) in [4.78, 5) is 11.6. The summed E-state index contributed by atoms with van der Waals surface area (Å²) in [5.41, 5.74) is 4.28. The molecule has 30 heavy (non-hydrogen) atoms. The van der Waals surface area contributed by atoms with Gasteiger partial charge in [-0.2, -0.15) is 0 Å². The number of aryl methyl sites for hydroxylation is 2. The van der Waals surface area contributed by atoms with Crippen molar-refractivity contribution in [3.05, 3.63) is 70.3 Å². The second-order valence-corrected chi connectivity index (χ2v) is 8.10. The van der Waals surface area contributed by atoms with Gasteiger partial charge in [0.25, 0.3) is 0 Å². The highest BCUT2D eigenvalue weighted by atomic mass is 19.1. The van der Waals surface area contributed by atoms with Crippen molar-refractivity contribution in [2.45, 2.75) is 64.1 Å². The van der Waals surface area contributed by atoms with E-state index in [1.54, 1.807) is 0 Å². The van der Waals surface area contributed by atoms with E-state index in [-0.39, 0.29) is 24.9 Å². The maximum Gasteiger partial charge on any atom is 0.217 e. The summed E-state index contributed by atoms with van der Waals surface area (Å²) in [6.45, 7) is 3.76. The molecule has 1 aliphatic carbocycles. The van der Waals surface area contributed by atoms with Crippen molar-refractivity contribution >= 4 is 5.91 Å². The Morgan fingerprint density at radius 1 is 1.17 bits per heavy atom. The number of benzene rings is 2. The van der Waals surface area contributed by atoms with E-state index >= 15 is 0 Å². The van der Waals surface area contributed by atoms with Gasteiger partial charge in [0.15, 0.2) is 0 Å². The van der Waals surface area contributed by atoms with Crippen molar-refractivity contribution in [2.24, 2.45) is 0 Å². The molecule has 0 aromatic heterocycles. The molecule has 3 N–H and O–H groups in total. The van der Waals surface area contributed by atoms with E-state index in [2.05, 4.69) is 35.8 Å². The molecule has 2 unspecified atom stereocenters. The Morgan fingerprint density at radius 2 is 1.90 bits per heavy atom. The molecular formula is C24H30F2N2O2. The molecule has 162 valence electrons. The number of hydrogen-bond acceptors (Lipinski definition) is 3. The Hall–Kier alpha value is -2.31. The molecule has 2 aromatic carbocycles. The van der Waals surface area contributed by atoms with Gasteiger partial charge in [-0.1, -0.05) is 25.1 Å². The molecule has 0 fully saturated rings. The Bertz CT molecular complexity index is 867. The average Bonchev–Trinajstić information content (AvgIpc) is 2.70. The summed E-state index contributed by atoms with van der Waals surface area (Å²) >= 11 is 0. The third-order valence-electron chi connectivity index (χ3n) is 5.74. The second-order valence-electron chi connectivity index (χ2n) is 8.10. The smallest absolute Gasteiger partial charge is 0.217 e. The van der Waals surface area contributed by atoms with Crippen LogP contribution in [0.1, 0.15) is 55.0 Å². The predicted molar refractivity (Wildman–Crippen MR) is 113 cm³/mol. The minimum Gasteiger partial charge on any atom is -0.390 e. The summed E-state index contributed by atoms with van der Waals surface area (Å²) in [5.74, 6) is -1.65. The molecular weight excluding hydrogens is 386 g/mol. The van der Waals surface area contributed by atoms with Gasteiger partial charge >= 0.3 is 0 Å². The van der Waals surface area contributed by atoms with Crippen LogP contribution >= 0.6 is 0 Å². The minimum absolute atomic E-state index is 0.137. The van der Waals surface area contributed by atoms with Crippen molar-refractivity contribution in [3.63, 3.8) is 0 Å². The predicted octanol–water partition coefficient (Wildman–Crippen LogP) is 3.60. The monoisotopic (exact) mass is 416 g/mol. The van der Waals surface area contributed by atoms with Gasteiger partial charge in [-0.25, -0.2) is 8.78 Å². The first-order valence-corrected chi connectivity index (χ1v) is 10.6. The van der Waals surface area contributed by atoms with Crippen LogP contribution < -0.4 is 10.6 Å². The van der Waals surface area contributed by atoms with Gasteiger partial charge in [0.05, 0.1) is 12.1 Å². The highest BCUT2D eigenvalue weighted by Crippen LogP contribution is 2.30. The third kappa shape index (κ3) is 5.86. The molecule has 4 nitrogen and oxygen atoms in total. The highest BCUT2D eigenvalue weighted by molar-refractivity contribution is 5.73. The fourth-order valence-electron chi connectivity index (χ4n) is 4.21. The standard InChI is InChI=1S/C24H30F2N2O2/c1-3-16-7-8-18-5-4-6-22(21(18)11-16)27-14-24(30)23(28-15(2)29)12-17-9-19(25)13-20(26)10-17/h7-11,13,22-24,27,30H,3-6,12,14H2,1-2H3,(H,28,29)/t22?,23?,24-/m1/s1. The molecule has 3 atom stereocenters. The lowest BCUT2D eigenvalue weighted by Crippen LogP contribution is -2.48. The first kappa shape index (κ1) is 22.4. The molecule has 0 radical (unpaired) electrons. The molecule has 0 saturated carbocycles. The molecule has 0 saturated heterocycles. The van der Waals surface area contributed by atoms with Gasteiger partial charge in [-0.15, -0.1) is 0 Å². The van der Waals surface area contributed by atoms with E-state index in [1.807, 2.05) is 0 Å². The molecule has 0 heterocycles. The number of nitrogens with one attached hydrogen (secondary N) is 2. The van der Waals surface area contributed by atoms with Crippen molar-refractivity contribution in [3.8, 4) is 0 Å². The molecule has 3 rings (SSSR count). The van der Waals surface area contributed by atoms with Crippen LogP contribution in [0, 0.1) is 11.6 Å². The Labute approximate surface area is 176 Å². The SMILES string of the molecule is CCc1ccc2c(c1)C(NC[C@@H](O)C(Cc1cc(F)cc(F)c1)NC(C)=O)CCC2. The van der Waals surface area contributed by atoms with Crippen LogP contribution in [0.2, 0.25) is 0 Å². The van der Waals surface area contributed by atoms with E-state index in [0.29, 0.717) is 5.56 Å². The fourth-order valence-corrected chi connectivity index (χ4v) is 4.21. The van der Waals surface area contributed by atoms with E-state index in [9.17, 15) is 18.7 Å². The zero-order valence-electron chi connectivity index (χ0n) is 17.6. The number of aliphatic hydroxyl groups is 1. The molecule has 1 amide bonds. The number of amides is 1. The van der Waals surface area contributed by atoms with Crippen molar-refractivity contribution in [1.29, 1.82) is 0 Å². The van der Waals surface area contributed by atoms with Crippen LogP contribution in [-0.4, -0.2) is 29.7 Å². The van der Waals surface area contributed by atoms with Gasteiger partial charge in [-0.3, -0.25) is 4.79 Å². The highest BCUT2D eigenvalue weighted by Gasteiger charge is 2.25. The number of halogens is 2. The minimum atomic E-state index is -0.903. The first-order chi connectivity index (χ1) is 14.4. The number of rotatable bonds is 8. The van der Waals surface area contributed by atoms with Gasteiger partial charge in [0.1, 0.15) is 11.6 Å². The largest absolute Gasteiger partial charge is 0.390 e. The zero-order valence-corrected chi connectivity index (χ0v) is 17.6. The molecule has 0 aliphatic heterocycles. The normalized spacial score (nSPS) is 17.8. The van der Waals surface area contributed by atoms with Crippen molar-refractivity contribution in [1.82, 2.24) is 10.6 Å². The van der Waals surface area contributed by atoms with Crippen LogP contribution in [0.4, 0.5) is 8.78 Å². The summed E-state index contributed by atoms with van der Waals surface area (Å²) in [6, 6.07) is 9.33. The van der Waals surface area contributed by atoms with Crippen LogP contribution in [0.5, 0.6) is 0 Å². The van der Waals surface area contributed by atoms with E-state index in [1.165, 1.54) is 35.7 Å². The second kappa shape index (κ2) is 10.1. The molecule has 6 heteroatoms. The molecule has 2 aromatic rings. The summed E-state index contributed by atoms with van der Waals surface area (Å²) < 4.78 is 27.1. The first-order valence-electron chi connectivity index (χ1n) is 10.6. The Kier molecular flexibility index (Phi) is 7.56. The van der Waals surface area contributed by atoms with E-state index < -0.39 is 23.8 Å². The number of aliphatic hydroxyl groups excluding tert-OH is 1. The lowest BCUT2D eigenvalue weighted by Gasteiger charge is -2.30. The Balaban J connectivity index is 1.69. The number of carbonyl (C=O) groups is 1. The third-order valence-corrected chi connectivity index (χ3v) is 5.74. The maximum atomic E-state index is 13.5. The number of carbonyl (C=O) groups excluding carboxylic acids is 1. The van der Waals surface area contributed by atoms with Crippen LogP contribution in [0.25, 0.3) is 0 Å². The summed E-state index contributed by atoms with van der Waals surface area (Å²) in [5, 5.41) is 16.9. The van der Waals surface area contributed by atoms with E-state index in [4.69, 9.17) is 0 Å². The average molecular weight is 417 g/mol. The van der Waals surface area contributed by atoms with Crippen LogP contribution in [0.3, 0.4) is 0 Å². The van der Waals surface area contributed by atoms with Crippen molar-refractivity contribution in [2.75, 3.05) is 6.54 Å². The van der Waals surface area contributed by atoms with Gasteiger partial charge < -0.3 is 15.7 Å². The molecule has 0 spiro atoms. The Morgan fingerprint density at radius 3 is 2.57 bits per heavy atom. The van der Waals surface area contributed by atoms with Gasteiger partial charge in [0, 0.05) is 25.6 Å². The molecule has 0 bridgehead atoms. The van der Waals surface area contributed by atoms with Gasteiger partial charge in [0.2, 0.25) is 5.91 Å². The number of fused-ring (bicyclic) bond motifs is 1. The maximum absolute atomic E-state index is 13.5. The topological polar surface area (TPSA) is 61.4 Å². The van der Waals surface area contributed by atoms with Gasteiger partial charge in [-0.05, 0) is 66.5 Å². The molecule has 1 aliphatic rings. The number of hydrogen-bond donors (Lipinski definition) is 3. The van der Waals surface area contributed by atoms with E-state index in [0.717, 1.165) is 31.7 Å². The quantitative estimate of drug-likeness (QED) is 0.616. The summed E-state index contributed by atoms with van der Waals surface area (Å²) in [6.07, 6.45) is 3.31. The lowest BCUT2D eigenvalue weighted by atomic mass is 9.86. The lowest BCUT2D eigenvalue weighted by molar-refractivity contribution is -0.120.